The normalized spacial score (nSPS) is 40.0. The third kappa shape index (κ3) is 3.79. The molecule has 2 saturated carbocycles. The summed E-state index contributed by atoms with van der Waals surface area (Å²) >= 11 is 6.15. The molecule has 0 amide bonds. The first-order chi connectivity index (χ1) is 8.54. The highest BCUT2D eigenvalue weighted by atomic mass is 35.5. The van der Waals surface area contributed by atoms with Crippen molar-refractivity contribution in [2.24, 2.45) is 17.6 Å². The Labute approximate surface area is 115 Å². The molecule has 2 rings (SSSR count). The van der Waals surface area contributed by atoms with E-state index >= 15 is 0 Å². The van der Waals surface area contributed by atoms with Crippen LogP contribution in [-0.2, 0) is 9.47 Å². The number of halogens is 1. The molecule has 3 atom stereocenters. The highest BCUT2D eigenvalue weighted by Crippen LogP contribution is 2.34. The highest BCUT2D eigenvalue weighted by molar-refractivity contribution is 6.20. The molecule has 2 fully saturated rings. The molecule has 2 N–H and O–H groups in total. The molecular weight excluding hydrogens is 250 g/mol. The van der Waals surface area contributed by atoms with Gasteiger partial charge >= 0.3 is 0 Å². The van der Waals surface area contributed by atoms with Crippen LogP contribution in [0, 0.1) is 11.8 Å². The lowest BCUT2D eigenvalue weighted by Crippen LogP contribution is -2.37. The smallest absolute Gasteiger partial charge is 0.176 e. The molecule has 3 unspecified atom stereocenters. The Bertz CT molecular complexity index is 292. The standard InChI is InChI=1S/C14H24ClNO2/c1-9-5-12(15)3-4-14(9)17-8-11-6-13(7-11)18-10(2)16/h9,11-14H,2-8,16H2,1H3/t9?,11-,12?,13+,14?. The lowest BCUT2D eigenvalue weighted by atomic mass is 9.82. The van der Waals surface area contributed by atoms with Gasteiger partial charge in [-0.1, -0.05) is 6.92 Å². The van der Waals surface area contributed by atoms with Gasteiger partial charge in [-0.2, -0.15) is 0 Å². The second-order valence-electron chi connectivity index (χ2n) is 5.80. The van der Waals surface area contributed by atoms with E-state index in [1.54, 1.807) is 0 Å². The molecule has 18 heavy (non-hydrogen) atoms. The van der Waals surface area contributed by atoms with Crippen molar-refractivity contribution in [3.8, 4) is 0 Å². The van der Waals surface area contributed by atoms with Crippen molar-refractivity contribution in [1.82, 2.24) is 0 Å². The van der Waals surface area contributed by atoms with E-state index in [4.69, 9.17) is 26.8 Å². The molecule has 3 nitrogen and oxygen atoms in total. The van der Waals surface area contributed by atoms with E-state index in [-0.39, 0.29) is 6.10 Å². The minimum Gasteiger partial charge on any atom is -0.477 e. The van der Waals surface area contributed by atoms with Gasteiger partial charge in [-0.25, -0.2) is 0 Å². The average Bonchev–Trinajstić information content (AvgIpc) is 2.23. The molecule has 0 bridgehead atoms. The van der Waals surface area contributed by atoms with E-state index in [0.717, 1.165) is 38.7 Å². The zero-order valence-electron chi connectivity index (χ0n) is 11.1. The Hall–Kier alpha value is -0.410. The van der Waals surface area contributed by atoms with Crippen molar-refractivity contribution in [2.75, 3.05) is 6.61 Å². The third-order valence-electron chi connectivity index (χ3n) is 4.08. The van der Waals surface area contributed by atoms with E-state index in [1.807, 2.05) is 0 Å². The Morgan fingerprint density at radius 3 is 2.67 bits per heavy atom. The van der Waals surface area contributed by atoms with Crippen LogP contribution in [0.4, 0.5) is 0 Å². The number of ether oxygens (including phenoxy) is 2. The summed E-state index contributed by atoms with van der Waals surface area (Å²) in [5.74, 6) is 1.53. The quantitative estimate of drug-likeness (QED) is 0.619. The maximum absolute atomic E-state index is 6.15. The fourth-order valence-electron chi connectivity index (χ4n) is 2.93. The summed E-state index contributed by atoms with van der Waals surface area (Å²) < 4.78 is 11.4. The van der Waals surface area contributed by atoms with Gasteiger partial charge in [-0.15, -0.1) is 11.6 Å². The molecule has 2 aliphatic rings. The molecule has 0 aromatic rings. The van der Waals surface area contributed by atoms with Crippen LogP contribution in [0.1, 0.15) is 39.0 Å². The SMILES string of the molecule is C=C(N)O[C@H]1C[C@@H](COC2CCC(Cl)CC2C)C1. The second-order valence-corrected chi connectivity index (χ2v) is 6.42. The van der Waals surface area contributed by atoms with Gasteiger partial charge in [-0.3, -0.25) is 0 Å². The fraction of sp³-hybridized carbons (Fsp3) is 0.857. The van der Waals surface area contributed by atoms with Gasteiger partial charge in [0.2, 0.25) is 0 Å². The maximum Gasteiger partial charge on any atom is 0.176 e. The van der Waals surface area contributed by atoms with Gasteiger partial charge < -0.3 is 15.2 Å². The molecule has 0 aromatic heterocycles. The van der Waals surface area contributed by atoms with Crippen LogP contribution in [0.25, 0.3) is 0 Å². The van der Waals surface area contributed by atoms with Crippen molar-refractivity contribution < 1.29 is 9.47 Å². The highest BCUT2D eigenvalue weighted by Gasteiger charge is 2.33. The summed E-state index contributed by atoms with van der Waals surface area (Å²) in [5, 5.41) is 0.344. The summed E-state index contributed by atoms with van der Waals surface area (Å²) in [6, 6.07) is 0. The number of hydrogen-bond acceptors (Lipinski definition) is 3. The first-order valence-corrected chi connectivity index (χ1v) is 7.35. The Kier molecular flexibility index (Phi) is 4.79. The van der Waals surface area contributed by atoms with E-state index in [2.05, 4.69) is 13.5 Å². The van der Waals surface area contributed by atoms with Crippen molar-refractivity contribution in [1.29, 1.82) is 0 Å². The second kappa shape index (κ2) is 6.16. The lowest BCUT2D eigenvalue weighted by molar-refractivity contribution is -0.0688. The zero-order chi connectivity index (χ0) is 13.1. The summed E-state index contributed by atoms with van der Waals surface area (Å²) in [6.45, 7) is 6.64. The Balaban J connectivity index is 1.60. The van der Waals surface area contributed by atoms with Gasteiger partial charge in [0, 0.05) is 5.38 Å². The largest absolute Gasteiger partial charge is 0.477 e. The Morgan fingerprint density at radius 1 is 1.33 bits per heavy atom. The van der Waals surface area contributed by atoms with Crippen LogP contribution >= 0.6 is 11.6 Å². The van der Waals surface area contributed by atoms with Crippen LogP contribution in [-0.4, -0.2) is 24.2 Å². The monoisotopic (exact) mass is 273 g/mol. The molecule has 0 radical (unpaired) electrons. The van der Waals surface area contributed by atoms with E-state index < -0.39 is 0 Å². The zero-order valence-corrected chi connectivity index (χ0v) is 11.9. The number of alkyl halides is 1. The molecule has 104 valence electrons. The molecule has 0 heterocycles. The molecule has 0 aliphatic heterocycles. The Morgan fingerprint density at radius 2 is 2.06 bits per heavy atom. The molecule has 0 saturated heterocycles. The third-order valence-corrected chi connectivity index (χ3v) is 4.48. The van der Waals surface area contributed by atoms with Crippen molar-refractivity contribution in [3.63, 3.8) is 0 Å². The van der Waals surface area contributed by atoms with Gasteiger partial charge in [0.1, 0.15) is 6.10 Å². The van der Waals surface area contributed by atoms with Crippen LogP contribution in [0.2, 0.25) is 0 Å². The van der Waals surface area contributed by atoms with E-state index in [9.17, 15) is 0 Å². The topological polar surface area (TPSA) is 44.5 Å². The molecule has 2 aliphatic carbocycles. The summed E-state index contributed by atoms with van der Waals surface area (Å²) in [5.41, 5.74) is 5.41. The minimum absolute atomic E-state index is 0.257. The number of nitrogens with two attached hydrogens (primary N) is 1. The number of rotatable bonds is 5. The summed E-state index contributed by atoms with van der Waals surface area (Å²) in [4.78, 5) is 0. The van der Waals surface area contributed by atoms with Crippen molar-refractivity contribution >= 4 is 11.6 Å². The van der Waals surface area contributed by atoms with Crippen LogP contribution < -0.4 is 5.73 Å². The molecule has 0 spiro atoms. The number of hydrogen-bond donors (Lipinski definition) is 1. The lowest BCUT2D eigenvalue weighted by Gasteiger charge is -2.37. The molecule has 4 heteroatoms. The minimum atomic E-state index is 0.257. The van der Waals surface area contributed by atoms with E-state index in [1.165, 1.54) is 0 Å². The maximum atomic E-state index is 6.15. The van der Waals surface area contributed by atoms with Crippen molar-refractivity contribution in [2.45, 2.75) is 56.6 Å². The first kappa shape index (κ1) is 14.0. The summed E-state index contributed by atoms with van der Waals surface area (Å²) in [7, 11) is 0. The fourth-order valence-corrected chi connectivity index (χ4v) is 3.34. The average molecular weight is 274 g/mol. The predicted octanol–water partition coefficient (Wildman–Crippen LogP) is 3.02. The van der Waals surface area contributed by atoms with Gasteiger partial charge in [0.05, 0.1) is 12.7 Å². The molecule has 0 aromatic carbocycles. The van der Waals surface area contributed by atoms with Gasteiger partial charge in [-0.05, 0) is 50.5 Å². The van der Waals surface area contributed by atoms with Crippen LogP contribution in [0.15, 0.2) is 12.5 Å². The predicted molar refractivity (Wildman–Crippen MR) is 73.3 cm³/mol. The first-order valence-electron chi connectivity index (χ1n) is 6.91. The molecular formula is C14H24ClNO2. The summed E-state index contributed by atoms with van der Waals surface area (Å²) in [6.07, 6.45) is 5.98. The van der Waals surface area contributed by atoms with Crippen molar-refractivity contribution in [3.05, 3.63) is 12.5 Å². The van der Waals surface area contributed by atoms with Crippen LogP contribution in [0.5, 0.6) is 0 Å². The van der Waals surface area contributed by atoms with E-state index in [0.29, 0.717) is 29.2 Å². The van der Waals surface area contributed by atoms with Crippen LogP contribution in [0.3, 0.4) is 0 Å². The van der Waals surface area contributed by atoms with Gasteiger partial charge in [0.15, 0.2) is 5.88 Å². The van der Waals surface area contributed by atoms with Gasteiger partial charge in [0.25, 0.3) is 0 Å².